The molecule has 2 atom stereocenters. The normalized spacial score (nSPS) is 18.6. The van der Waals surface area contributed by atoms with E-state index in [2.05, 4.69) is 6.58 Å². The van der Waals surface area contributed by atoms with E-state index in [-0.39, 0.29) is 25.7 Å². The summed E-state index contributed by atoms with van der Waals surface area (Å²) in [5.74, 6) is -1.50. The fraction of sp³-hybridized carbons (Fsp3) is 0.370. The molecule has 2 unspecified atom stereocenters. The van der Waals surface area contributed by atoms with Gasteiger partial charge in [0.05, 0.1) is 6.04 Å². The van der Waals surface area contributed by atoms with Gasteiger partial charge in [-0.3, -0.25) is 14.5 Å². The van der Waals surface area contributed by atoms with E-state index in [4.69, 9.17) is 9.47 Å². The van der Waals surface area contributed by atoms with E-state index in [9.17, 15) is 14.4 Å². The van der Waals surface area contributed by atoms with Gasteiger partial charge in [-0.05, 0) is 38.3 Å². The Bertz CT molecular complexity index is 1010. The van der Waals surface area contributed by atoms with E-state index >= 15 is 0 Å². The molecule has 0 spiro atoms. The third kappa shape index (κ3) is 5.91. The molecule has 0 radical (unpaired) electrons. The van der Waals surface area contributed by atoms with E-state index in [1.807, 2.05) is 74.5 Å². The third-order valence-electron chi connectivity index (χ3n) is 5.94. The second kappa shape index (κ2) is 11.1. The molecule has 0 saturated carbocycles. The van der Waals surface area contributed by atoms with Crippen molar-refractivity contribution in [3.8, 4) is 0 Å². The summed E-state index contributed by atoms with van der Waals surface area (Å²) in [6.45, 7) is 9.24. The molecule has 1 amide bonds. The van der Waals surface area contributed by atoms with Gasteiger partial charge in [-0.2, -0.15) is 0 Å². The maximum atomic E-state index is 13.3. The average molecular weight is 465 g/mol. The summed E-state index contributed by atoms with van der Waals surface area (Å²) in [6, 6.07) is 18.0. The third-order valence-corrected chi connectivity index (χ3v) is 5.94. The van der Waals surface area contributed by atoms with E-state index in [1.165, 1.54) is 4.90 Å². The highest BCUT2D eigenvalue weighted by Gasteiger charge is 2.53. The number of hydrogen-bond donors (Lipinski definition) is 0. The van der Waals surface area contributed by atoms with Gasteiger partial charge in [-0.1, -0.05) is 66.7 Å². The van der Waals surface area contributed by atoms with Crippen LogP contribution < -0.4 is 0 Å². The number of nitrogens with zero attached hydrogens (tertiary/aromatic N) is 2. The summed E-state index contributed by atoms with van der Waals surface area (Å²) < 4.78 is 11.0. The number of hydrogen-bond acceptors (Lipinski definition) is 6. The van der Waals surface area contributed by atoms with Gasteiger partial charge in [0, 0.05) is 5.54 Å². The van der Waals surface area contributed by atoms with Crippen LogP contribution in [0.25, 0.3) is 0 Å². The Labute approximate surface area is 200 Å². The second-order valence-corrected chi connectivity index (χ2v) is 8.97. The monoisotopic (exact) mass is 464 g/mol. The van der Waals surface area contributed by atoms with Gasteiger partial charge < -0.3 is 14.4 Å². The lowest BCUT2D eigenvalue weighted by atomic mass is 9.96. The summed E-state index contributed by atoms with van der Waals surface area (Å²) >= 11 is 0. The van der Waals surface area contributed by atoms with Crippen molar-refractivity contribution >= 4 is 17.8 Å². The lowest BCUT2D eigenvalue weighted by Crippen LogP contribution is -2.56. The van der Waals surface area contributed by atoms with Crippen molar-refractivity contribution in [3.63, 3.8) is 0 Å². The highest BCUT2D eigenvalue weighted by Crippen LogP contribution is 2.33. The van der Waals surface area contributed by atoms with Crippen molar-refractivity contribution in [1.82, 2.24) is 9.80 Å². The highest BCUT2D eigenvalue weighted by molar-refractivity contribution is 5.93. The summed E-state index contributed by atoms with van der Waals surface area (Å²) in [5, 5.41) is 0. The van der Waals surface area contributed by atoms with Crippen molar-refractivity contribution in [3.05, 3.63) is 84.4 Å². The molecule has 34 heavy (non-hydrogen) atoms. The van der Waals surface area contributed by atoms with Crippen LogP contribution in [-0.2, 0) is 37.1 Å². The molecule has 180 valence electrons. The maximum Gasteiger partial charge on any atom is 0.344 e. The van der Waals surface area contributed by atoms with Crippen molar-refractivity contribution in [2.45, 2.75) is 58.2 Å². The smallest absolute Gasteiger partial charge is 0.344 e. The van der Waals surface area contributed by atoms with Gasteiger partial charge >= 0.3 is 11.9 Å². The topological polar surface area (TPSA) is 76.2 Å². The van der Waals surface area contributed by atoms with Gasteiger partial charge in [0.25, 0.3) is 0 Å². The van der Waals surface area contributed by atoms with Crippen LogP contribution in [0.15, 0.2) is 73.3 Å². The van der Waals surface area contributed by atoms with Gasteiger partial charge in [-0.25, -0.2) is 4.79 Å². The SMILES string of the molecule is C=CCC(C)(C)N1C(C)C(=O)N(CC(=O)OCc2ccccc2)C1C(=O)OCc1ccccc1. The molecule has 1 fully saturated rings. The molecule has 1 aliphatic rings. The minimum absolute atomic E-state index is 0.0702. The van der Waals surface area contributed by atoms with E-state index < -0.39 is 29.7 Å². The maximum absolute atomic E-state index is 13.3. The van der Waals surface area contributed by atoms with Crippen LogP contribution in [-0.4, -0.2) is 51.9 Å². The quantitative estimate of drug-likeness (QED) is 0.394. The fourth-order valence-corrected chi connectivity index (χ4v) is 4.29. The number of ether oxygens (including phenoxy) is 2. The van der Waals surface area contributed by atoms with Crippen LogP contribution in [0.5, 0.6) is 0 Å². The minimum atomic E-state index is -1.05. The van der Waals surface area contributed by atoms with E-state index in [1.54, 1.807) is 17.9 Å². The fourth-order valence-electron chi connectivity index (χ4n) is 4.29. The first kappa shape index (κ1) is 25.2. The summed E-state index contributed by atoms with van der Waals surface area (Å²) in [7, 11) is 0. The first-order valence-electron chi connectivity index (χ1n) is 11.3. The summed E-state index contributed by atoms with van der Waals surface area (Å²) in [6.07, 6.45) is 1.24. The van der Waals surface area contributed by atoms with Crippen LogP contribution in [0.3, 0.4) is 0 Å². The largest absolute Gasteiger partial charge is 0.459 e. The van der Waals surface area contributed by atoms with Gasteiger partial charge in [0.1, 0.15) is 19.8 Å². The predicted molar refractivity (Wildman–Crippen MR) is 128 cm³/mol. The summed E-state index contributed by atoms with van der Waals surface area (Å²) in [4.78, 5) is 42.2. The molecule has 1 aliphatic heterocycles. The number of carbonyl (C=O) groups excluding carboxylic acids is 3. The molecule has 2 aromatic rings. The number of benzene rings is 2. The van der Waals surface area contributed by atoms with Crippen LogP contribution in [0.1, 0.15) is 38.3 Å². The molecule has 0 N–H and O–H groups in total. The summed E-state index contributed by atoms with van der Waals surface area (Å²) in [5.41, 5.74) is 1.10. The minimum Gasteiger partial charge on any atom is -0.459 e. The molecule has 3 rings (SSSR count). The van der Waals surface area contributed by atoms with Crippen LogP contribution >= 0.6 is 0 Å². The molecule has 0 aromatic heterocycles. The first-order chi connectivity index (χ1) is 16.2. The van der Waals surface area contributed by atoms with E-state index in [0.29, 0.717) is 6.42 Å². The zero-order valence-electron chi connectivity index (χ0n) is 20.0. The Balaban J connectivity index is 1.79. The molecule has 2 aromatic carbocycles. The second-order valence-electron chi connectivity index (χ2n) is 8.97. The van der Waals surface area contributed by atoms with Crippen molar-refractivity contribution in [2.24, 2.45) is 0 Å². The molecular weight excluding hydrogens is 432 g/mol. The predicted octanol–water partition coefficient (Wildman–Crippen LogP) is 3.69. The van der Waals surface area contributed by atoms with Crippen LogP contribution in [0.4, 0.5) is 0 Å². The first-order valence-corrected chi connectivity index (χ1v) is 11.3. The Morgan fingerprint density at radius 2 is 1.50 bits per heavy atom. The highest BCUT2D eigenvalue weighted by atomic mass is 16.5. The van der Waals surface area contributed by atoms with Crippen LogP contribution in [0.2, 0.25) is 0 Å². The Morgan fingerprint density at radius 3 is 2.03 bits per heavy atom. The Kier molecular flexibility index (Phi) is 8.23. The van der Waals surface area contributed by atoms with E-state index in [0.717, 1.165) is 11.1 Å². The van der Waals surface area contributed by atoms with Crippen LogP contribution in [0, 0.1) is 0 Å². The molecular formula is C27H32N2O5. The van der Waals surface area contributed by atoms with Gasteiger partial charge in [0.2, 0.25) is 5.91 Å². The standard InChI is InChI=1S/C27H32N2O5/c1-5-16-27(3,4)29-20(2)25(31)28(17-23(30)33-18-21-12-8-6-9-13-21)24(29)26(32)34-19-22-14-10-7-11-15-22/h5-15,20,24H,1,16-19H2,2-4H3. The number of esters is 2. The molecule has 1 heterocycles. The van der Waals surface area contributed by atoms with Crippen molar-refractivity contribution in [2.75, 3.05) is 6.54 Å². The average Bonchev–Trinajstić information content (AvgIpc) is 3.08. The van der Waals surface area contributed by atoms with Crippen molar-refractivity contribution in [1.29, 1.82) is 0 Å². The lowest BCUT2D eigenvalue weighted by molar-refractivity contribution is -0.163. The van der Waals surface area contributed by atoms with Gasteiger partial charge in [0.15, 0.2) is 6.17 Å². The lowest BCUT2D eigenvalue weighted by Gasteiger charge is -2.40. The number of carbonyl (C=O) groups is 3. The number of rotatable bonds is 10. The molecule has 0 aliphatic carbocycles. The number of amides is 1. The zero-order valence-corrected chi connectivity index (χ0v) is 20.0. The Hall–Kier alpha value is -3.45. The molecule has 1 saturated heterocycles. The molecule has 7 heteroatoms. The van der Waals surface area contributed by atoms with Crippen molar-refractivity contribution < 1.29 is 23.9 Å². The molecule has 0 bridgehead atoms. The zero-order chi connectivity index (χ0) is 24.7. The van der Waals surface area contributed by atoms with Gasteiger partial charge in [-0.15, -0.1) is 6.58 Å². The Morgan fingerprint density at radius 1 is 0.971 bits per heavy atom. The molecule has 7 nitrogen and oxygen atoms in total.